The topological polar surface area (TPSA) is 29.1 Å². The van der Waals surface area contributed by atoms with Crippen LogP contribution in [0.25, 0.3) is 0 Å². The summed E-state index contributed by atoms with van der Waals surface area (Å²) in [5, 5.41) is 2.92. The molecule has 78 valence electrons. The van der Waals surface area contributed by atoms with Crippen LogP contribution in [0.3, 0.4) is 0 Å². The first kappa shape index (κ1) is 9.02. The molecule has 3 aliphatic rings. The van der Waals surface area contributed by atoms with Crippen LogP contribution in [-0.2, 0) is 4.79 Å². The van der Waals surface area contributed by atoms with Gasteiger partial charge >= 0.3 is 0 Å². The van der Waals surface area contributed by atoms with Gasteiger partial charge in [-0.3, -0.25) is 4.79 Å². The normalized spacial score (nSPS) is 47.6. The molecule has 0 aromatic rings. The molecule has 3 saturated carbocycles. The van der Waals surface area contributed by atoms with Crippen LogP contribution in [0, 0.1) is 29.6 Å². The molecular formula is C11H16ClNO. The number of rotatable bonds is 3. The van der Waals surface area contributed by atoms with Gasteiger partial charge in [-0.05, 0) is 42.9 Å². The number of carbonyl (C=O) groups is 1. The van der Waals surface area contributed by atoms with Gasteiger partial charge in [0.1, 0.15) is 0 Å². The Morgan fingerprint density at radius 2 is 1.93 bits per heavy atom. The highest BCUT2D eigenvalue weighted by atomic mass is 35.5. The SMILES string of the molecule is O=C(NCCCl)C1C2C3CCC(C3)C12. The Kier molecular flexibility index (Phi) is 2.01. The van der Waals surface area contributed by atoms with E-state index in [1.54, 1.807) is 0 Å². The Labute approximate surface area is 89.4 Å². The van der Waals surface area contributed by atoms with Crippen LogP contribution in [0.15, 0.2) is 0 Å². The second kappa shape index (κ2) is 3.13. The molecule has 3 aliphatic carbocycles. The lowest BCUT2D eigenvalue weighted by molar-refractivity contribution is -0.123. The van der Waals surface area contributed by atoms with Crippen LogP contribution in [-0.4, -0.2) is 18.3 Å². The first-order valence-electron chi connectivity index (χ1n) is 5.66. The van der Waals surface area contributed by atoms with Gasteiger partial charge in [0.05, 0.1) is 0 Å². The van der Waals surface area contributed by atoms with Crippen LogP contribution in [0.4, 0.5) is 0 Å². The quantitative estimate of drug-likeness (QED) is 0.710. The number of carbonyl (C=O) groups excluding carboxylic acids is 1. The Bertz CT molecular complexity index is 252. The average Bonchev–Trinajstić information content (AvgIpc) is 2.64. The molecular weight excluding hydrogens is 198 g/mol. The summed E-state index contributed by atoms with van der Waals surface area (Å²) in [5.74, 6) is 4.45. The van der Waals surface area contributed by atoms with E-state index in [1.807, 2.05) is 0 Å². The molecule has 0 aromatic heterocycles. The van der Waals surface area contributed by atoms with E-state index in [-0.39, 0.29) is 5.91 Å². The summed E-state index contributed by atoms with van der Waals surface area (Å²) in [5.41, 5.74) is 0. The lowest BCUT2D eigenvalue weighted by Gasteiger charge is -2.08. The molecule has 2 nitrogen and oxygen atoms in total. The molecule has 3 heteroatoms. The molecule has 2 bridgehead atoms. The zero-order valence-electron chi connectivity index (χ0n) is 8.21. The number of alkyl halides is 1. The van der Waals surface area contributed by atoms with E-state index >= 15 is 0 Å². The van der Waals surface area contributed by atoms with Gasteiger partial charge in [0.2, 0.25) is 5.91 Å². The number of amides is 1. The standard InChI is InChI=1S/C11H16ClNO/c12-3-4-13-11(14)10-8-6-1-2-7(5-6)9(8)10/h6-10H,1-5H2,(H,13,14). The van der Waals surface area contributed by atoms with Crippen LogP contribution in [0.2, 0.25) is 0 Å². The van der Waals surface area contributed by atoms with Crippen molar-refractivity contribution in [1.82, 2.24) is 5.32 Å². The average molecular weight is 214 g/mol. The Morgan fingerprint density at radius 1 is 1.29 bits per heavy atom. The fourth-order valence-electron chi connectivity index (χ4n) is 3.96. The van der Waals surface area contributed by atoms with Crippen molar-refractivity contribution in [2.75, 3.05) is 12.4 Å². The van der Waals surface area contributed by atoms with Crippen LogP contribution < -0.4 is 5.32 Å². The zero-order chi connectivity index (χ0) is 9.71. The maximum atomic E-state index is 11.7. The largest absolute Gasteiger partial charge is 0.355 e. The van der Waals surface area contributed by atoms with Crippen molar-refractivity contribution in [1.29, 1.82) is 0 Å². The molecule has 1 amide bonds. The zero-order valence-corrected chi connectivity index (χ0v) is 8.96. The van der Waals surface area contributed by atoms with E-state index in [4.69, 9.17) is 11.6 Å². The van der Waals surface area contributed by atoms with Crippen LogP contribution in [0.5, 0.6) is 0 Å². The second-order valence-corrected chi connectivity index (χ2v) is 5.37. The van der Waals surface area contributed by atoms with Crippen molar-refractivity contribution in [3.63, 3.8) is 0 Å². The molecule has 0 saturated heterocycles. The minimum Gasteiger partial charge on any atom is -0.355 e. The number of nitrogens with one attached hydrogen (secondary N) is 1. The van der Waals surface area contributed by atoms with Gasteiger partial charge in [0.15, 0.2) is 0 Å². The van der Waals surface area contributed by atoms with Crippen molar-refractivity contribution in [2.45, 2.75) is 19.3 Å². The van der Waals surface area contributed by atoms with Gasteiger partial charge in [-0.15, -0.1) is 11.6 Å². The number of hydrogen-bond acceptors (Lipinski definition) is 1. The van der Waals surface area contributed by atoms with Gasteiger partial charge in [-0.25, -0.2) is 0 Å². The van der Waals surface area contributed by atoms with E-state index in [0.717, 1.165) is 23.7 Å². The highest BCUT2D eigenvalue weighted by Gasteiger charge is 2.67. The number of fused-ring (bicyclic) bond motifs is 5. The van der Waals surface area contributed by atoms with Crippen molar-refractivity contribution in [2.24, 2.45) is 29.6 Å². The fourth-order valence-corrected chi connectivity index (χ4v) is 4.06. The number of hydrogen-bond donors (Lipinski definition) is 1. The molecule has 3 rings (SSSR count). The molecule has 1 N–H and O–H groups in total. The molecule has 14 heavy (non-hydrogen) atoms. The van der Waals surface area contributed by atoms with Gasteiger partial charge in [0, 0.05) is 18.3 Å². The summed E-state index contributed by atoms with van der Waals surface area (Å²) in [7, 11) is 0. The smallest absolute Gasteiger partial charge is 0.223 e. The van der Waals surface area contributed by atoms with Gasteiger partial charge in [-0.2, -0.15) is 0 Å². The minimum absolute atomic E-state index is 0.275. The summed E-state index contributed by atoms with van der Waals surface area (Å²) in [6.07, 6.45) is 4.17. The fraction of sp³-hybridized carbons (Fsp3) is 0.909. The van der Waals surface area contributed by atoms with E-state index in [0.29, 0.717) is 18.3 Å². The molecule has 0 spiro atoms. The predicted molar refractivity (Wildman–Crippen MR) is 55.0 cm³/mol. The summed E-state index contributed by atoms with van der Waals surface area (Å²) in [6, 6.07) is 0. The molecule has 3 fully saturated rings. The first-order valence-corrected chi connectivity index (χ1v) is 6.20. The molecule has 0 aromatic carbocycles. The van der Waals surface area contributed by atoms with Gasteiger partial charge < -0.3 is 5.32 Å². The van der Waals surface area contributed by atoms with E-state index in [9.17, 15) is 4.79 Å². The Balaban J connectivity index is 1.60. The molecule has 0 radical (unpaired) electrons. The van der Waals surface area contributed by atoms with Crippen LogP contribution >= 0.6 is 11.6 Å². The Morgan fingerprint density at radius 3 is 2.50 bits per heavy atom. The van der Waals surface area contributed by atoms with E-state index in [1.165, 1.54) is 19.3 Å². The highest BCUT2D eigenvalue weighted by Crippen LogP contribution is 2.69. The summed E-state index contributed by atoms with van der Waals surface area (Å²) >= 11 is 5.55. The van der Waals surface area contributed by atoms with E-state index in [2.05, 4.69) is 5.32 Å². The predicted octanol–water partition coefficient (Wildman–Crippen LogP) is 1.63. The van der Waals surface area contributed by atoms with Gasteiger partial charge in [0.25, 0.3) is 0 Å². The second-order valence-electron chi connectivity index (χ2n) is 4.99. The lowest BCUT2D eigenvalue weighted by Crippen LogP contribution is -2.29. The highest BCUT2D eigenvalue weighted by molar-refractivity contribution is 6.18. The molecule has 0 aliphatic heterocycles. The third-order valence-corrected chi connectivity index (χ3v) is 4.62. The maximum Gasteiger partial charge on any atom is 0.223 e. The lowest BCUT2D eigenvalue weighted by atomic mass is 10.0. The van der Waals surface area contributed by atoms with Crippen LogP contribution in [0.1, 0.15) is 19.3 Å². The number of halogens is 1. The van der Waals surface area contributed by atoms with Crippen molar-refractivity contribution in [3.05, 3.63) is 0 Å². The van der Waals surface area contributed by atoms with Gasteiger partial charge in [-0.1, -0.05) is 0 Å². The third kappa shape index (κ3) is 1.13. The third-order valence-electron chi connectivity index (χ3n) is 4.43. The maximum absolute atomic E-state index is 11.7. The molecule has 4 atom stereocenters. The van der Waals surface area contributed by atoms with E-state index < -0.39 is 0 Å². The molecule has 0 heterocycles. The Hall–Kier alpha value is -0.240. The minimum atomic E-state index is 0.275. The van der Waals surface area contributed by atoms with Crippen molar-refractivity contribution >= 4 is 17.5 Å². The summed E-state index contributed by atoms with van der Waals surface area (Å²) in [4.78, 5) is 11.7. The first-order chi connectivity index (χ1) is 6.83. The molecule has 4 unspecified atom stereocenters. The monoisotopic (exact) mass is 213 g/mol. The van der Waals surface area contributed by atoms with Crippen molar-refractivity contribution < 1.29 is 4.79 Å². The summed E-state index contributed by atoms with van der Waals surface area (Å²) in [6.45, 7) is 0.631. The van der Waals surface area contributed by atoms with Crippen molar-refractivity contribution in [3.8, 4) is 0 Å². The summed E-state index contributed by atoms with van der Waals surface area (Å²) < 4.78 is 0.